The summed E-state index contributed by atoms with van der Waals surface area (Å²) in [5.74, 6) is 0.118. The summed E-state index contributed by atoms with van der Waals surface area (Å²) in [7, 11) is 0. The molecule has 0 heterocycles. The smallest absolute Gasteiger partial charge is 0.146 e. The summed E-state index contributed by atoms with van der Waals surface area (Å²) < 4.78 is 0.393. The molecule has 4 heteroatoms. The standard InChI is InChI=1S/C16H15BrO3/c1-2-5-10(9-18)8-13-14(17)16(20)12-7-4-3-6-11(12)15(13)19/h3-4,6-9,19-20H,2,5H2,1H3/b10-8-. The monoisotopic (exact) mass is 334 g/mol. The lowest BCUT2D eigenvalue weighted by Gasteiger charge is -2.11. The van der Waals surface area contributed by atoms with Crippen LogP contribution in [0.4, 0.5) is 0 Å². The Kier molecular flexibility index (Phi) is 4.45. The van der Waals surface area contributed by atoms with Gasteiger partial charge in [0.2, 0.25) is 0 Å². The van der Waals surface area contributed by atoms with Gasteiger partial charge in [-0.05, 0) is 34.0 Å². The lowest BCUT2D eigenvalue weighted by Crippen LogP contribution is -1.88. The minimum Gasteiger partial charge on any atom is -0.507 e. The number of rotatable bonds is 4. The largest absolute Gasteiger partial charge is 0.507 e. The Hall–Kier alpha value is -1.81. The summed E-state index contributed by atoms with van der Waals surface area (Å²) in [4.78, 5) is 11.0. The second-order valence-electron chi connectivity index (χ2n) is 4.56. The average Bonchev–Trinajstić information content (AvgIpc) is 2.48. The molecule has 0 unspecified atom stereocenters. The van der Waals surface area contributed by atoms with Crippen molar-refractivity contribution in [1.29, 1.82) is 0 Å². The highest BCUT2D eigenvalue weighted by Crippen LogP contribution is 2.43. The molecular formula is C16H15BrO3. The number of phenolic OH excluding ortho intramolecular Hbond substituents is 2. The molecule has 2 aromatic carbocycles. The van der Waals surface area contributed by atoms with E-state index < -0.39 is 0 Å². The van der Waals surface area contributed by atoms with Crippen molar-refractivity contribution in [2.75, 3.05) is 0 Å². The molecule has 2 rings (SSSR count). The minimum absolute atomic E-state index is 0.0562. The summed E-state index contributed by atoms with van der Waals surface area (Å²) in [6.45, 7) is 1.98. The van der Waals surface area contributed by atoms with Crippen LogP contribution in [0.1, 0.15) is 25.3 Å². The first kappa shape index (κ1) is 14.6. The zero-order valence-electron chi connectivity index (χ0n) is 11.1. The van der Waals surface area contributed by atoms with Gasteiger partial charge in [-0.15, -0.1) is 0 Å². The maximum absolute atomic E-state index is 11.0. The van der Waals surface area contributed by atoms with Gasteiger partial charge in [0.05, 0.1) is 4.47 Å². The number of benzene rings is 2. The zero-order chi connectivity index (χ0) is 14.7. The molecule has 0 fully saturated rings. The Morgan fingerprint density at radius 2 is 1.80 bits per heavy atom. The van der Waals surface area contributed by atoms with Crippen molar-refractivity contribution in [2.45, 2.75) is 19.8 Å². The SMILES string of the molecule is CCC/C(C=O)=C/c1c(Br)c(O)c2ccccc2c1O. The van der Waals surface area contributed by atoms with Crippen molar-refractivity contribution >= 4 is 39.1 Å². The van der Waals surface area contributed by atoms with Gasteiger partial charge < -0.3 is 10.2 Å². The summed E-state index contributed by atoms with van der Waals surface area (Å²) in [5, 5.41) is 21.7. The topological polar surface area (TPSA) is 57.5 Å². The van der Waals surface area contributed by atoms with Gasteiger partial charge in [-0.2, -0.15) is 0 Å². The van der Waals surface area contributed by atoms with Gasteiger partial charge in [0.25, 0.3) is 0 Å². The lowest BCUT2D eigenvalue weighted by atomic mass is 10.0. The Morgan fingerprint density at radius 1 is 1.20 bits per heavy atom. The Bertz CT molecular complexity index is 690. The van der Waals surface area contributed by atoms with Crippen LogP contribution in [-0.2, 0) is 4.79 Å². The van der Waals surface area contributed by atoms with Crippen LogP contribution in [0.25, 0.3) is 16.8 Å². The highest BCUT2D eigenvalue weighted by molar-refractivity contribution is 9.10. The Balaban J connectivity index is 2.74. The number of fused-ring (bicyclic) bond motifs is 1. The lowest BCUT2D eigenvalue weighted by molar-refractivity contribution is -0.105. The van der Waals surface area contributed by atoms with Crippen molar-refractivity contribution in [3.05, 3.63) is 39.9 Å². The zero-order valence-corrected chi connectivity index (χ0v) is 12.6. The third-order valence-corrected chi connectivity index (χ3v) is 3.96. The highest BCUT2D eigenvalue weighted by atomic mass is 79.9. The van der Waals surface area contributed by atoms with Gasteiger partial charge in [0, 0.05) is 16.3 Å². The molecule has 0 radical (unpaired) electrons. The predicted octanol–water partition coefficient (Wildman–Crippen LogP) is 4.40. The third kappa shape index (κ3) is 2.56. The summed E-state index contributed by atoms with van der Waals surface area (Å²) in [5.41, 5.74) is 1.01. The number of halogens is 1. The van der Waals surface area contributed by atoms with Crippen LogP contribution in [0.3, 0.4) is 0 Å². The maximum atomic E-state index is 11.0. The maximum Gasteiger partial charge on any atom is 0.146 e. The van der Waals surface area contributed by atoms with Crippen LogP contribution in [0.2, 0.25) is 0 Å². The van der Waals surface area contributed by atoms with E-state index in [1.165, 1.54) is 0 Å². The number of hydrogen-bond acceptors (Lipinski definition) is 3. The normalized spacial score (nSPS) is 11.8. The van der Waals surface area contributed by atoms with Crippen molar-refractivity contribution in [3.8, 4) is 11.5 Å². The molecule has 0 saturated heterocycles. The van der Waals surface area contributed by atoms with Gasteiger partial charge in [-0.25, -0.2) is 0 Å². The molecule has 0 aliphatic rings. The van der Waals surface area contributed by atoms with Crippen molar-refractivity contribution < 1.29 is 15.0 Å². The van der Waals surface area contributed by atoms with Crippen LogP contribution in [0.5, 0.6) is 11.5 Å². The molecule has 0 spiro atoms. The van der Waals surface area contributed by atoms with Gasteiger partial charge in [-0.3, -0.25) is 4.79 Å². The Labute approximate surface area is 125 Å². The summed E-state index contributed by atoms with van der Waals surface area (Å²) >= 11 is 3.29. The van der Waals surface area contributed by atoms with E-state index in [1.807, 2.05) is 6.92 Å². The van der Waals surface area contributed by atoms with Gasteiger partial charge >= 0.3 is 0 Å². The van der Waals surface area contributed by atoms with Crippen LogP contribution in [0.15, 0.2) is 34.3 Å². The molecule has 0 saturated carbocycles. The first-order valence-corrected chi connectivity index (χ1v) is 7.17. The molecular weight excluding hydrogens is 320 g/mol. The van der Waals surface area contributed by atoms with E-state index in [1.54, 1.807) is 30.3 Å². The molecule has 2 aromatic rings. The van der Waals surface area contributed by atoms with Gasteiger partial charge in [0.15, 0.2) is 0 Å². The molecule has 104 valence electrons. The number of hydrogen-bond donors (Lipinski definition) is 2. The van der Waals surface area contributed by atoms with E-state index in [0.29, 0.717) is 32.8 Å². The van der Waals surface area contributed by atoms with E-state index >= 15 is 0 Å². The fraction of sp³-hybridized carbons (Fsp3) is 0.188. The van der Waals surface area contributed by atoms with E-state index in [0.717, 1.165) is 12.7 Å². The fourth-order valence-corrected chi connectivity index (χ4v) is 2.68. The number of carbonyl (C=O) groups excluding carboxylic acids is 1. The number of allylic oxidation sites excluding steroid dienone is 1. The third-order valence-electron chi connectivity index (χ3n) is 3.16. The first-order chi connectivity index (χ1) is 9.60. The minimum atomic E-state index is 0.0562. The molecule has 3 nitrogen and oxygen atoms in total. The first-order valence-electron chi connectivity index (χ1n) is 6.38. The van der Waals surface area contributed by atoms with E-state index in [4.69, 9.17) is 0 Å². The van der Waals surface area contributed by atoms with Crippen molar-refractivity contribution in [3.63, 3.8) is 0 Å². The van der Waals surface area contributed by atoms with E-state index in [2.05, 4.69) is 15.9 Å². The summed E-state index contributed by atoms with van der Waals surface area (Å²) in [6, 6.07) is 7.04. The highest BCUT2D eigenvalue weighted by Gasteiger charge is 2.15. The second-order valence-corrected chi connectivity index (χ2v) is 5.35. The fourth-order valence-electron chi connectivity index (χ4n) is 2.16. The van der Waals surface area contributed by atoms with Crippen molar-refractivity contribution in [2.24, 2.45) is 0 Å². The van der Waals surface area contributed by atoms with Crippen LogP contribution in [-0.4, -0.2) is 16.5 Å². The average molecular weight is 335 g/mol. The second kappa shape index (κ2) is 6.09. The van der Waals surface area contributed by atoms with Crippen LogP contribution in [0, 0.1) is 0 Å². The molecule has 0 aromatic heterocycles. The molecule has 0 aliphatic heterocycles. The predicted molar refractivity (Wildman–Crippen MR) is 83.9 cm³/mol. The number of aromatic hydroxyl groups is 2. The van der Waals surface area contributed by atoms with Crippen LogP contribution < -0.4 is 0 Å². The molecule has 0 bridgehead atoms. The van der Waals surface area contributed by atoms with Crippen molar-refractivity contribution in [1.82, 2.24) is 0 Å². The molecule has 2 N–H and O–H groups in total. The molecule has 0 atom stereocenters. The van der Waals surface area contributed by atoms with Gasteiger partial charge in [0.1, 0.15) is 17.8 Å². The van der Waals surface area contributed by atoms with E-state index in [9.17, 15) is 15.0 Å². The van der Waals surface area contributed by atoms with Crippen LogP contribution >= 0.6 is 15.9 Å². The molecule has 0 amide bonds. The number of phenols is 2. The summed E-state index contributed by atoms with van der Waals surface area (Å²) in [6.07, 6.45) is 3.86. The molecule has 0 aliphatic carbocycles. The quantitative estimate of drug-likeness (QED) is 0.495. The number of aldehydes is 1. The Morgan fingerprint density at radius 3 is 2.35 bits per heavy atom. The van der Waals surface area contributed by atoms with E-state index in [-0.39, 0.29) is 11.5 Å². The molecule has 20 heavy (non-hydrogen) atoms. The number of carbonyl (C=O) groups is 1. The van der Waals surface area contributed by atoms with Gasteiger partial charge in [-0.1, -0.05) is 37.6 Å².